The summed E-state index contributed by atoms with van der Waals surface area (Å²) < 4.78 is 0. The van der Waals surface area contributed by atoms with Gasteiger partial charge in [-0.05, 0) is 19.3 Å². The molecular formula is C8H13N. The molecule has 0 aliphatic heterocycles. The Morgan fingerprint density at radius 3 is 2.67 bits per heavy atom. The van der Waals surface area contributed by atoms with Gasteiger partial charge in [0.05, 0.1) is 0 Å². The van der Waals surface area contributed by atoms with Crippen molar-refractivity contribution >= 4 is 0 Å². The number of nitrogens with two attached hydrogens (primary N) is 1. The third kappa shape index (κ3) is 1.73. The molecule has 0 aromatic rings. The second-order valence-electron chi connectivity index (χ2n) is 2.79. The van der Waals surface area contributed by atoms with Gasteiger partial charge in [0.2, 0.25) is 0 Å². The molecule has 1 aliphatic rings. The summed E-state index contributed by atoms with van der Waals surface area (Å²) in [5.74, 6) is 3.22. The van der Waals surface area contributed by atoms with Gasteiger partial charge >= 0.3 is 0 Å². The van der Waals surface area contributed by atoms with Crippen LogP contribution in [0.3, 0.4) is 0 Å². The molecule has 9 heavy (non-hydrogen) atoms. The van der Waals surface area contributed by atoms with Crippen molar-refractivity contribution in [2.75, 3.05) is 0 Å². The fourth-order valence-corrected chi connectivity index (χ4v) is 1.38. The first kappa shape index (κ1) is 6.64. The van der Waals surface area contributed by atoms with Crippen molar-refractivity contribution in [3.8, 4) is 12.3 Å². The Hall–Kier alpha value is -0.480. The summed E-state index contributed by atoms with van der Waals surface area (Å²) in [5, 5.41) is 0. The average Bonchev–Trinajstić information content (AvgIpc) is 1.88. The van der Waals surface area contributed by atoms with Crippen LogP contribution in [-0.2, 0) is 0 Å². The summed E-state index contributed by atoms with van der Waals surface area (Å²) in [7, 11) is 0. The molecule has 1 rings (SSSR count). The summed E-state index contributed by atoms with van der Waals surface area (Å²) in [6.07, 6.45) is 9.87. The third-order valence-electron chi connectivity index (χ3n) is 1.95. The Morgan fingerprint density at radius 1 is 1.44 bits per heavy atom. The van der Waals surface area contributed by atoms with Crippen molar-refractivity contribution in [2.24, 2.45) is 11.7 Å². The SMILES string of the molecule is C#C[C@@H]1CCC[C@H](N)C1. The molecule has 1 fully saturated rings. The Morgan fingerprint density at radius 2 is 2.22 bits per heavy atom. The van der Waals surface area contributed by atoms with E-state index in [-0.39, 0.29) is 0 Å². The lowest BCUT2D eigenvalue weighted by Crippen LogP contribution is -2.26. The molecule has 1 aliphatic carbocycles. The highest BCUT2D eigenvalue weighted by molar-refractivity contribution is 4.96. The molecule has 0 aromatic carbocycles. The normalized spacial score (nSPS) is 35.6. The lowest BCUT2D eigenvalue weighted by atomic mass is 9.87. The number of hydrogen-bond acceptors (Lipinski definition) is 1. The third-order valence-corrected chi connectivity index (χ3v) is 1.95. The summed E-state index contributed by atoms with van der Waals surface area (Å²) in [5.41, 5.74) is 5.71. The predicted molar refractivity (Wildman–Crippen MR) is 38.8 cm³/mol. The van der Waals surface area contributed by atoms with Gasteiger partial charge in [0, 0.05) is 12.0 Å². The molecule has 0 unspecified atom stereocenters. The summed E-state index contributed by atoms with van der Waals surface area (Å²) in [6, 6.07) is 0.375. The Labute approximate surface area is 56.6 Å². The molecular weight excluding hydrogens is 110 g/mol. The van der Waals surface area contributed by atoms with Crippen LogP contribution >= 0.6 is 0 Å². The van der Waals surface area contributed by atoms with Crippen molar-refractivity contribution in [2.45, 2.75) is 31.7 Å². The van der Waals surface area contributed by atoms with Gasteiger partial charge in [-0.3, -0.25) is 0 Å². The van der Waals surface area contributed by atoms with Crippen molar-refractivity contribution in [3.05, 3.63) is 0 Å². The van der Waals surface area contributed by atoms with Crippen LogP contribution in [0.15, 0.2) is 0 Å². The van der Waals surface area contributed by atoms with E-state index >= 15 is 0 Å². The quantitative estimate of drug-likeness (QED) is 0.480. The maximum atomic E-state index is 5.71. The van der Waals surface area contributed by atoms with Crippen molar-refractivity contribution in [1.29, 1.82) is 0 Å². The molecule has 1 heteroatoms. The molecule has 0 spiro atoms. The monoisotopic (exact) mass is 123 g/mol. The molecule has 50 valence electrons. The minimum atomic E-state index is 0.375. The van der Waals surface area contributed by atoms with Crippen LogP contribution in [0.25, 0.3) is 0 Å². The summed E-state index contributed by atoms with van der Waals surface area (Å²) in [4.78, 5) is 0. The molecule has 0 aromatic heterocycles. The van der Waals surface area contributed by atoms with E-state index in [0.717, 1.165) is 12.8 Å². The van der Waals surface area contributed by atoms with Gasteiger partial charge in [0.1, 0.15) is 0 Å². The molecule has 0 radical (unpaired) electrons. The molecule has 0 saturated heterocycles. The van der Waals surface area contributed by atoms with Gasteiger partial charge in [0.15, 0.2) is 0 Å². The van der Waals surface area contributed by atoms with Crippen LogP contribution in [0.4, 0.5) is 0 Å². The van der Waals surface area contributed by atoms with Gasteiger partial charge in [-0.2, -0.15) is 0 Å². The van der Waals surface area contributed by atoms with Gasteiger partial charge in [-0.15, -0.1) is 12.3 Å². The van der Waals surface area contributed by atoms with Crippen molar-refractivity contribution < 1.29 is 0 Å². The minimum Gasteiger partial charge on any atom is -0.328 e. The zero-order valence-electron chi connectivity index (χ0n) is 5.64. The lowest BCUT2D eigenvalue weighted by Gasteiger charge is -2.22. The van der Waals surface area contributed by atoms with Gasteiger partial charge in [-0.1, -0.05) is 6.42 Å². The molecule has 0 bridgehead atoms. The van der Waals surface area contributed by atoms with Crippen LogP contribution < -0.4 is 5.73 Å². The van der Waals surface area contributed by atoms with E-state index in [1.165, 1.54) is 12.8 Å². The van der Waals surface area contributed by atoms with Crippen LogP contribution in [0.5, 0.6) is 0 Å². The fraction of sp³-hybridized carbons (Fsp3) is 0.750. The standard InChI is InChI=1S/C8H13N/c1-2-7-4-3-5-8(9)6-7/h1,7-8H,3-6,9H2/t7-,8+/m1/s1. The highest BCUT2D eigenvalue weighted by atomic mass is 14.6. The number of rotatable bonds is 0. The van der Waals surface area contributed by atoms with E-state index in [0.29, 0.717) is 12.0 Å². The van der Waals surface area contributed by atoms with Gasteiger partial charge in [0.25, 0.3) is 0 Å². The fourth-order valence-electron chi connectivity index (χ4n) is 1.38. The maximum absolute atomic E-state index is 5.71. The van der Waals surface area contributed by atoms with Crippen LogP contribution in [0, 0.1) is 18.3 Å². The largest absolute Gasteiger partial charge is 0.328 e. The van der Waals surface area contributed by atoms with E-state index in [4.69, 9.17) is 12.2 Å². The second-order valence-corrected chi connectivity index (χ2v) is 2.79. The molecule has 0 amide bonds. The first-order chi connectivity index (χ1) is 4.33. The van der Waals surface area contributed by atoms with E-state index in [1.54, 1.807) is 0 Å². The zero-order valence-corrected chi connectivity index (χ0v) is 5.64. The summed E-state index contributed by atoms with van der Waals surface area (Å²) >= 11 is 0. The Balaban J connectivity index is 2.34. The molecule has 1 saturated carbocycles. The van der Waals surface area contributed by atoms with Crippen LogP contribution in [0.2, 0.25) is 0 Å². The minimum absolute atomic E-state index is 0.375. The molecule has 2 atom stereocenters. The van der Waals surface area contributed by atoms with E-state index in [9.17, 15) is 0 Å². The Kier molecular flexibility index (Phi) is 2.13. The first-order valence-corrected chi connectivity index (χ1v) is 3.54. The predicted octanol–water partition coefficient (Wildman–Crippen LogP) is 1.14. The Bertz CT molecular complexity index is 123. The van der Waals surface area contributed by atoms with Gasteiger partial charge < -0.3 is 5.73 Å². The highest BCUT2D eigenvalue weighted by Crippen LogP contribution is 2.21. The van der Waals surface area contributed by atoms with Crippen LogP contribution in [0.1, 0.15) is 25.7 Å². The molecule has 1 nitrogen and oxygen atoms in total. The number of hydrogen-bond donors (Lipinski definition) is 1. The maximum Gasteiger partial charge on any atom is 0.0214 e. The van der Waals surface area contributed by atoms with Crippen molar-refractivity contribution in [3.63, 3.8) is 0 Å². The second kappa shape index (κ2) is 2.89. The van der Waals surface area contributed by atoms with E-state index in [2.05, 4.69) is 5.92 Å². The smallest absolute Gasteiger partial charge is 0.0214 e. The summed E-state index contributed by atoms with van der Waals surface area (Å²) in [6.45, 7) is 0. The van der Waals surface area contributed by atoms with E-state index in [1.807, 2.05) is 0 Å². The topological polar surface area (TPSA) is 26.0 Å². The first-order valence-electron chi connectivity index (χ1n) is 3.54. The molecule has 2 N–H and O–H groups in total. The zero-order chi connectivity index (χ0) is 6.69. The van der Waals surface area contributed by atoms with E-state index < -0.39 is 0 Å². The average molecular weight is 123 g/mol. The number of terminal acetylenes is 1. The van der Waals surface area contributed by atoms with Crippen molar-refractivity contribution in [1.82, 2.24) is 0 Å². The van der Waals surface area contributed by atoms with Gasteiger partial charge in [-0.25, -0.2) is 0 Å². The van der Waals surface area contributed by atoms with Crippen LogP contribution in [-0.4, -0.2) is 6.04 Å². The lowest BCUT2D eigenvalue weighted by molar-refractivity contribution is 0.381. The molecule has 0 heterocycles. The highest BCUT2D eigenvalue weighted by Gasteiger charge is 2.16.